The van der Waals surface area contributed by atoms with Gasteiger partial charge in [0.05, 0.1) is 19.8 Å². The molecular weight excluding hydrogens is 364 g/mol. The highest BCUT2D eigenvalue weighted by Crippen LogP contribution is 2.42. The summed E-state index contributed by atoms with van der Waals surface area (Å²) in [4.78, 5) is 0. The van der Waals surface area contributed by atoms with Crippen molar-refractivity contribution in [3.05, 3.63) is 35.9 Å². The lowest BCUT2D eigenvalue weighted by atomic mass is 9.85. The first-order valence-corrected chi connectivity index (χ1v) is 11.8. The highest BCUT2D eigenvalue weighted by atomic mass is 16.9. The first-order chi connectivity index (χ1) is 14.1. The van der Waals surface area contributed by atoms with Crippen molar-refractivity contribution in [3.63, 3.8) is 0 Å². The third-order valence-electron chi connectivity index (χ3n) is 5.14. The summed E-state index contributed by atoms with van der Waals surface area (Å²) >= 11 is 0. The second kappa shape index (κ2) is 15.0. The lowest BCUT2D eigenvalue weighted by Gasteiger charge is -2.45. The Hall–Kier alpha value is -0.940. The zero-order chi connectivity index (χ0) is 21.4. The van der Waals surface area contributed by atoms with Gasteiger partial charge in [-0.3, -0.25) is 0 Å². The van der Waals surface area contributed by atoms with Gasteiger partial charge >= 0.3 is 5.97 Å². The lowest BCUT2D eigenvalue weighted by molar-refractivity contribution is -0.448. The first-order valence-electron chi connectivity index (χ1n) is 11.8. The van der Waals surface area contributed by atoms with E-state index in [0.717, 1.165) is 37.7 Å². The normalized spacial score (nSPS) is 14.1. The first kappa shape index (κ1) is 26.1. The summed E-state index contributed by atoms with van der Waals surface area (Å²) < 4.78 is 18.6. The van der Waals surface area contributed by atoms with Crippen molar-refractivity contribution in [1.82, 2.24) is 0 Å². The maximum absolute atomic E-state index is 12.1. The molecule has 1 aromatic carbocycles. The molecule has 1 N–H and O–H groups in total. The smallest absolute Gasteiger partial charge is 0.318 e. The summed E-state index contributed by atoms with van der Waals surface area (Å²) in [5.74, 6) is -1.49. The average Bonchev–Trinajstić information content (AvgIpc) is 2.76. The van der Waals surface area contributed by atoms with Gasteiger partial charge in [0.1, 0.15) is 0 Å². The van der Waals surface area contributed by atoms with Gasteiger partial charge in [0.2, 0.25) is 0 Å². The third-order valence-corrected chi connectivity index (χ3v) is 5.14. The highest BCUT2D eigenvalue weighted by Gasteiger charge is 2.55. The fourth-order valence-corrected chi connectivity index (χ4v) is 3.54. The Morgan fingerprint density at radius 2 is 1.14 bits per heavy atom. The van der Waals surface area contributed by atoms with Crippen molar-refractivity contribution in [2.24, 2.45) is 0 Å². The van der Waals surface area contributed by atoms with E-state index in [0.29, 0.717) is 26.2 Å². The minimum atomic E-state index is -1.49. The molecule has 1 unspecified atom stereocenters. The van der Waals surface area contributed by atoms with Gasteiger partial charge in [-0.05, 0) is 37.7 Å². The molecule has 1 atom stereocenters. The third kappa shape index (κ3) is 8.01. The van der Waals surface area contributed by atoms with Gasteiger partial charge in [-0.25, -0.2) is 0 Å². The van der Waals surface area contributed by atoms with Gasteiger partial charge in [-0.15, -0.1) is 0 Å². The molecule has 0 radical (unpaired) electrons. The Morgan fingerprint density at radius 3 is 1.62 bits per heavy atom. The summed E-state index contributed by atoms with van der Waals surface area (Å²) in [5, 5.41) is 12.1. The van der Waals surface area contributed by atoms with Crippen molar-refractivity contribution in [2.75, 3.05) is 19.8 Å². The van der Waals surface area contributed by atoms with Crippen molar-refractivity contribution in [3.8, 4) is 0 Å². The van der Waals surface area contributed by atoms with Crippen LogP contribution in [0.25, 0.3) is 0 Å². The fourth-order valence-electron chi connectivity index (χ4n) is 3.54. The average molecular weight is 409 g/mol. The minimum absolute atomic E-state index is 0.471. The van der Waals surface area contributed by atoms with E-state index >= 15 is 0 Å². The number of rotatable bonds is 18. The molecule has 4 nitrogen and oxygen atoms in total. The van der Waals surface area contributed by atoms with E-state index in [1.165, 1.54) is 25.7 Å². The number of aliphatic hydroxyl groups is 1. The lowest BCUT2D eigenvalue weighted by Crippen LogP contribution is -2.58. The molecule has 0 bridgehead atoms. The van der Waals surface area contributed by atoms with Gasteiger partial charge in [0, 0.05) is 0 Å². The minimum Gasteiger partial charge on any atom is -0.377 e. The van der Waals surface area contributed by atoms with Crippen molar-refractivity contribution >= 4 is 0 Å². The van der Waals surface area contributed by atoms with Gasteiger partial charge in [-0.2, -0.15) is 0 Å². The molecule has 1 rings (SSSR count). The number of hydrogen-bond donors (Lipinski definition) is 1. The molecule has 0 saturated carbocycles. The molecule has 0 heterocycles. The van der Waals surface area contributed by atoms with E-state index < -0.39 is 11.6 Å². The summed E-state index contributed by atoms with van der Waals surface area (Å²) in [5.41, 5.74) is -0.574. The molecule has 0 saturated heterocycles. The Kier molecular flexibility index (Phi) is 13.5. The van der Waals surface area contributed by atoms with Crippen molar-refractivity contribution < 1.29 is 19.3 Å². The topological polar surface area (TPSA) is 47.9 Å². The van der Waals surface area contributed by atoms with Crippen LogP contribution >= 0.6 is 0 Å². The molecule has 0 aliphatic carbocycles. The molecule has 0 aliphatic rings. The van der Waals surface area contributed by atoms with Crippen LogP contribution < -0.4 is 0 Å². The Labute approximate surface area is 179 Å². The van der Waals surface area contributed by atoms with E-state index in [-0.39, 0.29) is 0 Å². The van der Waals surface area contributed by atoms with Crippen molar-refractivity contribution in [1.29, 1.82) is 0 Å². The van der Waals surface area contributed by atoms with Crippen LogP contribution in [0.2, 0.25) is 0 Å². The quantitative estimate of drug-likeness (QED) is 0.221. The molecule has 0 spiro atoms. The van der Waals surface area contributed by atoms with Crippen LogP contribution in [-0.4, -0.2) is 30.9 Å². The van der Waals surface area contributed by atoms with E-state index in [4.69, 9.17) is 14.2 Å². The number of ether oxygens (including phenoxy) is 3. The van der Waals surface area contributed by atoms with Crippen LogP contribution in [0.4, 0.5) is 0 Å². The van der Waals surface area contributed by atoms with Crippen LogP contribution in [-0.2, 0) is 19.8 Å². The van der Waals surface area contributed by atoms with Crippen molar-refractivity contribution in [2.45, 2.75) is 103 Å². The zero-order valence-corrected chi connectivity index (χ0v) is 19.3. The number of hydrogen-bond acceptors (Lipinski definition) is 4. The zero-order valence-electron chi connectivity index (χ0n) is 19.3. The standard InChI is InChI=1S/C25H44O4/c1-5-9-10-11-12-16-19-24(26,23-17-14-13-15-18-23)25(27-20-6-2,28-21-7-3)29-22-8-4/h13-15,17-18,26H,5-12,16,19-22H2,1-4H3. The maximum Gasteiger partial charge on any atom is 0.318 e. The van der Waals surface area contributed by atoms with Crippen LogP contribution in [0.5, 0.6) is 0 Å². The second-order valence-corrected chi connectivity index (χ2v) is 7.85. The predicted octanol–water partition coefficient (Wildman–Crippen LogP) is 6.56. The second-order valence-electron chi connectivity index (χ2n) is 7.85. The monoisotopic (exact) mass is 408 g/mol. The summed E-state index contributed by atoms with van der Waals surface area (Å²) in [6.07, 6.45) is 9.95. The summed E-state index contributed by atoms with van der Waals surface area (Å²) in [7, 11) is 0. The van der Waals surface area contributed by atoms with Crippen LogP contribution in [0, 0.1) is 0 Å². The molecule has 29 heavy (non-hydrogen) atoms. The molecule has 0 aromatic heterocycles. The van der Waals surface area contributed by atoms with E-state index in [1.54, 1.807) is 0 Å². The SMILES string of the molecule is CCCCCCCCC(O)(c1ccccc1)C(OCCC)(OCCC)OCCC. The largest absolute Gasteiger partial charge is 0.377 e. The van der Waals surface area contributed by atoms with E-state index in [2.05, 4.69) is 27.7 Å². The molecule has 0 amide bonds. The van der Waals surface area contributed by atoms with E-state index in [9.17, 15) is 5.11 Å². The Morgan fingerprint density at radius 1 is 0.655 bits per heavy atom. The van der Waals surface area contributed by atoms with Gasteiger partial charge < -0.3 is 19.3 Å². The molecular formula is C25H44O4. The fraction of sp³-hybridized carbons (Fsp3) is 0.760. The maximum atomic E-state index is 12.1. The number of unbranched alkanes of at least 4 members (excludes halogenated alkanes) is 5. The molecule has 4 heteroatoms. The predicted molar refractivity (Wildman–Crippen MR) is 120 cm³/mol. The van der Waals surface area contributed by atoms with Gasteiger partial charge in [-0.1, -0.05) is 90.1 Å². The Balaban J connectivity index is 3.18. The molecule has 0 fully saturated rings. The molecule has 0 aliphatic heterocycles. The summed E-state index contributed by atoms with van der Waals surface area (Å²) in [6, 6.07) is 9.76. The van der Waals surface area contributed by atoms with Crippen LogP contribution in [0.1, 0.15) is 97.5 Å². The van der Waals surface area contributed by atoms with Crippen LogP contribution in [0.3, 0.4) is 0 Å². The molecule has 168 valence electrons. The van der Waals surface area contributed by atoms with Gasteiger partial charge in [0.15, 0.2) is 5.60 Å². The molecule has 1 aromatic rings. The summed E-state index contributed by atoms with van der Waals surface area (Å²) in [6.45, 7) is 9.81. The number of benzene rings is 1. The van der Waals surface area contributed by atoms with Crippen LogP contribution in [0.15, 0.2) is 30.3 Å². The Bertz CT molecular complexity index is 483. The van der Waals surface area contributed by atoms with E-state index in [1.807, 2.05) is 30.3 Å². The van der Waals surface area contributed by atoms with Gasteiger partial charge in [0.25, 0.3) is 0 Å². The highest BCUT2D eigenvalue weighted by molar-refractivity contribution is 5.24.